The minimum Gasteiger partial charge on any atom is -0.472 e. The van der Waals surface area contributed by atoms with Crippen LogP contribution in [0.15, 0.2) is 47.4 Å². The molecule has 4 rings (SSSR count). The number of carbonyl (C=O) groups excluding carboxylic acids is 1. The van der Waals surface area contributed by atoms with Gasteiger partial charge in [0.2, 0.25) is 0 Å². The van der Waals surface area contributed by atoms with Crippen molar-refractivity contribution in [1.82, 2.24) is 15.1 Å². The first-order chi connectivity index (χ1) is 12.1. The molecule has 2 heterocycles. The zero-order chi connectivity index (χ0) is 17.4. The van der Waals surface area contributed by atoms with E-state index in [1.165, 1.54) is 29.3 Å². The molecule has 3 aromatic rings. The van der Waals surface area contributed by atoms with Gasteiger partial charge in [-0.05, 0) is 62.4 Å². The van der Waals surface area contributed by atoms with Crippen molar-refractivity contribution in [3.8, 4) is 5.69 Å². The molecule has 1 amide bonds. The van der Waals surface area contributed by atoms with Crippen LogP contribution in [0.4, 0.5) is 0 Å². The van der Waals surface area contributed by atoms with Gasteiger partial charge >= 0.3 is 0 Å². The lowest BCUT2D eigenvalue weighted by Crippen LogP contribution is -2.30. The van der Waals surface area contributed by atoms with Crippen molar-refractivity contribution in [3.63, 3.8) is 0 Å². The SMILES string of the molecule is Cc1ccc(-n2ncc3c2CCC[C@@H]3NC(=O)c2ccoc2)cc1C. The second-order valence-corrected chi connectivity index (χ2v) is 6.66. The molecule has 1 aliphatic carbocycles. The monoisotopic (exact) mass is 335 g/mol. The number of benzene rings is 1. The summed E-state index contributed by atoms with van der Waals surface area (Å²) in [5.41, 5.74) is 6.45. The minimum absolute atomic E-state index is 0.00792. The zero-order valence-corrected chi connectivity index (χ0v) is 14.5. The van der Waals surface area contributed by atoms with Gasteiger partial charge in [-0.1, -0.05) is 6.07 Å². The number of fused-ring (bicyclic) bond motifs is 1. The lowest BCUT2D eigenvalue weighted by atomic mass is 9.92. The van der Waals surface area contributed by atoms with Gasteiger partial charge in [-0.15, -0.1) is 0 Å². The highest BCUT2D eigenvalue weighted by atomic mass is 16.3. The Balaban J connectivity index is 1.64. The average molecular weight is 335 g/mol. The van der Waals surface area contributed by atoms with Crippen molar-refractivity contribution < 1.29 is 9.21 Å². The van der Waals surface area contributed by atoms with Gasteiger partial charge in [0.15, 0.2) is 0 Å². The first kappa shape index (κ1) is 15.7. The predicted molar refractivity (Wildman–Crippen MR) is 94.9 cm³/mol. The molecule has 1 aromatic carbocycles. The van der Waals surface area contributed by atoms with Gasteiger partial charge < -0.3 is 9.73 Å². The number of aryl methyl sites for hydroxylation is 2. The summed E-state index contributed by atoms with van der Waals surface area (Å²) in [7, 11) is 0. The zero-order valence-electron chi connectivity index (χ0n) is 14.5. The molecule has 0 aliphatic heterocycles. The summed E-state index contributed by atoms with van der Waals surface area (Å²) in [5, 5.41) is 7.72. The van der Waals surface area contributed by atoms with Crippen molar-refractivity contribution in [2.75, 3.05) is 0 Å². The topological polar surface area (TPSA) is 60.1 Å². The fraction of sp³-hybridized carbons (Fsp3) is 0.300. The number of carbonyl (C=O) groups is 1. The summed E-state index contributed by atoms with van der Waals surface area (Å²) < 4.78 is 7.01. The fourth-order valence-corrected chi connectivity index (χ4v) is 3.42. The van der Waals surface area contributed by atoms with Crippen molar-refractivity contribution in [2.45, 2.75) is 39.2 Å². The number of rotatable bonds is 3. The molecule has 0 spiro atoms. The first-order valence-electron chi connectivity index (χ1n) is 8.61. The van der Waals surface area contributed by atoms with Crippen LogP contribution in [-0.2, 0) is 6.42 Å². The molecule has 0 saturated heterocycles. The summed E-state index contributed by atoms with van der Waals surface area (Å²) in [6.07, 6.45) is 7.80. The fourth-order valence-electron chi connectivity index (χ4n) is 3.42. The maximum absolute atomic E-state index is 12.3. The number of nitrogens with one attached hydrogen (secondary N) is 1. The number of aromatic nitrogens is 2. The van der Waals surface area contributed by atoms with Crippen LogP contribution >= 0.6 is 0 Å². The van der Waals surface area contributed by atoms with Crippen LogP contribution < -0.4 is 5.32 Å². The Morgan fingerprint density at radius 2 is 2.16 bits per heavy atom. The molecule has 0 radical (unpaired) electrons. The Morgan fingerprint density at radius 3 is 2.92 bits per heavy atom. The number of nitrogens with zero attached hydrogens (tertiary/aromatic N) is 2. The third-order valence-corrected chi connectivity index (χ3v) is 5.01. The Labute approximate surface area is 146 Å². The summed E-state index contributed by atoms with van der Waals surface area (Å²) >= 11 is 0. The minimum atomic E-state index is -0.106. The third kappa shape index (κ3) is 2.86. The first-order valence-corrected chi connectivity index (χ1v) is 8.61. The molecule has 1 N–H and O–H groups in total. The molecule has 0 bridgehead atoms. The van der Waals surface area contributed by atoms with Crippen molar-refractivity contribution >= 4 is 5.91 Å². The molecule has 25 heavy (non-hydrogen) atoms. The molecule has 1 aliphatic rings. The summed E-state index contributed by atoms with van der Waals surface area (Å²) in [4.78, 5) is 12.3. The van der Waals surface area contributed by atoms with Crippen LogP contribution in [-0.4, -0.2) is 15.7 Å². The van der Waals surface area contributed by atoms with Gasteiger partial charge in [-0.3, -0.25) is 4.79 Å². The largest absolute Gasteiger partial charge is 0.472 e. The highest BCUT2D eigenvalue weighted by Crippen LogP contribution is 2.31. The molecular weight excluding hydrogens is 314 g/mol. The molecular formula is C20H21N3O2. The van der Waals surface area contributed by atoms with Gasteiger partial charge in [0.05, 0.1) is 29.8 Å². The van der Waals surface area contributed by atoms with E-state index in [-0.39, 0.29) is 11.9 Å². The number of furan rings is 1. The molecule has 2 aromatic heterocycles. The standard InChI is InChI=1S/C20H21N3O2/c1-13-6-7-16(10-14(13)2)23-19-5-3-4-18(17(19)11-21-23)22-20(24)15-8-9-25-12-15/h6-12,18H,3-5H2,1-2H3,(H,22,24)/t18-/m0/s1. The third-order valence-electron chi connectivity index (χ3n) is 5.01. The van der Waals surface area contributed by atoms with Crippen LogP contribution in [0.2, 0.25) is 0 Å². The lowest BCUT2D eigenvalue weighted by Gasteiger charge is -2.24. The molecule has 0 saturated carbocycles. The summed E-state index contributed by atoms with van der Waals surface area (Å²) in [6.45, 7) is 4.22. The van der Waals surface area contributed by atoms with Crippen LogP contribution in [0.1, 0.15) is 51.6 Å². The van der Waals surface area contributed by atoms with E-state index in [4.69, 9.17) is 4.42 Å². The van der Waals surface area contributed by atoms with E-state index in [2.05, 4.69) is 42.5 Å². The molecule has 5 nitrogen and oxygen atoms in total. The maximum atomic E-state index is 12.3. The predicted octanol–water partition coefficient (Wildman–Crippen LogP) is 3.89. The van der Waals surface area contributed by atoms with Gasteiger partial charge in [0, 0.05) is 11.3 Å². The molecule has 5 heteroatoms. The highest BCUT2D eigenvalue weighted by molar-refractivity contribution is 5.94. The van der Waals surface area contributed by atoms with Crippen LogP contribution in [0.25, 0.3) is 5.69 Å². The van der Waals surface area contributed by atoms with E-state index >= 15 is 0 Å². The normalized spacial score (nSPS) is 16.5. The van der Waals surface area contributed by atoms with Crippen molar-refractivity contribution in [1.29, 1.82) is 0 Å². The van der Waals surface area contributed by atoms with Crippen molar-refractivity contribution in [3.05, 3.63) is 70.9 Å². The van der Waals surface area contributed by atoms with Gasteiger partial charge in [-0.25, -0.2) is 4.68 Å². The quantitative estimate of drug-likeness (QED) is 0.790. The van der Waals surface area contributed by atoms with Gasteiger partial charge in [0.1, 0.15) is 6.26 Å². The Kier molecular flexibility index (Phi) is 3.92. The van der Waals surface area contributed by atoms with E-state index in [1.54, 1.807) is 6.07 Å². The summed E-state index contributed by atoms with van der Waals surface area (Å²) in [6, 6.07) is 8.06. The van der Waals surface area contributed by atoms with Crippen LogP contribution in [0, 0.1) is 13.8 Å². The molecule has 0 unspecified atom stereocenters. The molecule has 0 fully saturated rings. The second-order valence-electron chi connectivity index (χ2n) is 6.66. The average Bonchev–Trinajstić information content (AvgIpc) is 3.27. The van der Waals surface area contributed by atoms with Gasteiger partial charge in [0.25, 0.3) is 5.91 Å². The molecule has 1 atom stereocenters. The van der Waals surface area contributed by atoms with E-state index in [9.17, 15) is 4.79 Å². The van der Waals surface area contributed by atoms with Gasteiger partial charge in [-0.2, -0.15) is 5.10 Å². The Morgan fingerprint density at radius 1 is 1.28 bits per heavy atom. The number of amides is 1. The lowest BCUT2D eigenvalue weighted by molar-refractivity contribution is 0.0932. The number of hydrogen-bond donors (Lipinski definition) is 1. The van der Waals surface area contributed by atoms with Crippen LogP contribution in [0.3, 0.4) is 0 Å². The van der Waals surface area contributed by atoms with E-state index in [1.807, 2.05) is 10.9 Å². The number of hydrogen-bond acceptors (Lipinski definition) is 3. The van der Waals surface area contributed by atoms with Crippen LogP contribution in [0.5, 0.6) is 0 Å². The van der Waals surface area contributed by atoms with E-state index in [0.717, 1.165) is 30.5 Å². The summed E-state index contributed by atoms with van der Waals surface area (Å²) in [5.74, 6) is -0.106. The molecule has 128 valence electrons. The van der Waals surface area contributed by atoms with E-state index < -0.39 is 0 Å². The smallest absolute Gasteiger partial charge is 0.255 e. The Bertz CT molecular complexity index is 909. The maximum Gasteiger partial charge on any atom is 0.255 e. The van der Waals surface area contributed by atoms with E-state index in [0.29, 0.717) is 5.56 Å². The van der Waals surface area contributed by atoms with Crippen molar-refractivity contribution in [2.24, 2.45) is 0 Å². The highest BCUT2D eigenvalue weighted by Gasteiger charge is 2.26. The second kappa shape index (κ2) is 6.24. The Hall–Kier alpha value is -2.82.